The Hall–Kier alpha value is -0.570. The van der Waals surface area contributed by atoms with Crippen molar-refractivity contribution >= 4 is 35.8 Å². The zero-order chi connectivity index (χ0) is 18.8. The smallest absolute Gasteiger partial charge is 0.225 e. The monoisotopic (exact) mass is 493 g/mol. The Labute approximate surface area is 182 Å². The molecule has 2 aliphatic rings. The predicted octanol–water partition coefficient (Wildman–Crippen LogP) is 2.68. The van der Waals surface area contributed by atoms with Crippen LogP contribution in [0.15, 0.2) is 4.99 Å². The molecule has 1 unspecified atom stereocenters. The Kier molecular flexibility index (Phi) is 12.3. The highest BCUT2D eigenvalue weighted by Crippen LogP contribution is 2.27. The first-order valence-electron chi connectivity index (χ1n) is 10.7. The van der Waals surface area contributed by atoms with Crippen molar-refractivity contribution < 1.29 is 4.79 Å². The lowest BCUT2D eigenvalue weighted by Gasteiger charge is -2.21. The first-order valence-corrected chi connectivity index (χ1v) is 10.7. The van der Waals surface area contributed by atoms with Gasteiger partial charge in [-0.1, -0.05) is 26.7 Å². The minimum Gasteiger partial charge on any atom is -0.357 e. The molecule has 1 saturated heterocycles. The summed E-state index contributed by atoms with van der Waals surface area (Å²) in [6.45, 7) is 13.2. The first kappa shape index (κ1) is 24.5. The van der Waals surface area contributed by atoms with Crippen molar-refractivity contribution in [2.45, 2.75) is 65.3 Å². The summed E-state index contributed by atoms with van der Waals surface area (Å²) in [5.41, 5.74) is 0. The molecular weight excluding hydrogens is 453 g/mol. The number of rotatable bonds is 9. The van der Waals surface area contributed by atoms with E-state index in [9.17, 15) is 4.79 Å². The number of hydrogen-bond acceptors (Lipinski definition) is 3. The van der Waals surface area contributed by atoms with Gasteiger partial charge in [-0.25, -0.2) is 0 Å². The van der Waals surface area contributed by atoms with Crippen molar-refractivity contribution in [2.75, 3.05) is 45.8 Å². The number of carbonyl (C=O) groups is 1. The number of amides is 1. The molecule has 1 heterocycles. The fourth-order valence-electron chi connectivity index (χ4n) is 4.05. The van der Waals surface area contributed by atoms with Crippen LogP contribution in [-0.4, -0.2) is 73.5 Å². The number of carbonyl (C=O) groups excluding carboxylic acids is 1. The number of hydrogen-bond donors (Lipinski definition) is 2. The van der Waals surface area contributed by atoms with Gasteiger partial charge in [-0.2, -0.15) is 0 Å². The molecule has 1 aliphatic heterocycles. The van der Waals surface area contributed by atoms with E-state index in [0.717, 1.165) is 77.5 Å². The van der Waals surface area contributed by atoms with Crippen molar-refractivity contribution in [1.29, 1.82) is 0 Å². The van der Waals surface area contributed by atoms with Crippen LogP contribution in [-0.2, 0) is 4.79 Å². The quantitative estimate of drug-likeness (QED) is 0.225. The Morgan fingerprint density at radius 2 is 1.85 bits per heavy atom. The van der Waals surface area contributed by atoms with E-state index in [1.165, 1.54) is 12.8 Å². The molecule has 0 radical (unpaired) electrons. The van der Waals surface area contributed by atoms with E-state index in [4.69, 9.17) is 4.99 Å². The van der Waals surface area contributed by atoms with Crippen molar-refractivity contribution in [3.63, 3.8) is 0 Å². The van der Waals surface area contributed by atoms with Gasteiger partial charge in [0.1, 0.15) is 0 Å². The highest BCUT2D eigenvalue weighted by molar-refractivity contribution is 14.0. The number of nitrogens with one attached hydrogen (secondary N) is 2. The van der Waals surface area contributed by atoms with Crippen LogP contribution >= 0.6 is 24.0 Å². The van der Waals surface area contributed by atoms with Gasteiger partial charge in [0.15, 0.2) is 5.96 Å². The van der Waals surface area contributed by atoms with Crippen LogP contribution in [0.4, 0.5) is 0 Å². The Balaban J connectivity index is 0.00000364. The second-order valence-corrected chi connectivity index (χ2v) is 7.54. The van der Waals surface area contributed by atoms with Gasteiger partial charge >= 0.3 is 0 Å². The second kappa shape index (κ2) is 13.6. The average molecular weight is 493 g/mol. The third-order valence-electron chi connectivity index (χ3n) is 5.69. The molecule has 0 aromatic carbocycles. The van der Waals surface area contributed by atoms with Crippen molar-refractivity contribution in [3.05, 3.63) is 0 Å². The SMILES string of the molecule is CCNC(=NCCCN(CC)CC)NC1CCN(C(=O)C2CCCC2)C1.I. The maximum atomic E-state index is 12.6. The van der Waals surface area contributed by atoms with Crippen LogP contribution in [0.1, 0.15) is 59.3 Å². The van der Waals surface area contributed by atoms with Crippen LogP contribution in [0.2, 0.25) is 0 Å². The van der Waals surface area contributed by atoms with Crippen molar-refractivity contribution in [2.24, 2.45) is 10.9 Å². The van der Waals surface area contributed by atoms with Crippen molar-refractivity contribution in [3.8, 4) is 0 Å². The van der Waals surface area contributed by atoms with Crippen LogP contribution < -0.4 is 10.6 Å². The van der Waals surface area contributed by atoms with E-state index in [1.807, 2.05) is 0 Å². The van der Waals surface area contributed by atoms with Crippen LogP contribution in [0.5, 0.6) is 0 Å². The van der Waals surface area contributed by atoms with Gasteiger partial charge in [-0.3, -0.25) is 9.79 Å². The van der Waals surface area contributed by atoms with Crippen LogP contribution in [0.3, 0.4) is 0 Å². The molecule has 2 fully saturated rings. The van der Waals surface area contributed by atoms with E-state index in [1.54, 1.807) is 0 Å². The zero-order valence-corrected chi connectivity index (χ0v) is 19.8. The summed E-state index contributed by atoms with van der Waals surface area (Å²) in [4.78, 5) is 21.8. The fourth-order valence-corrected chi connectivity index (χ4v) is 4.05. The summed E-state index contributed by atoms with van der Waals surface area (Å²) in [5.74, 6) is 1.57. The lowest BCUT2D eigenvalue weighted by molar-refractivity contribution is -0.134. The molecule has 1 atom stereocenters. The van der Waals surface area contributed by atoms with Gasteiger partial charge in [0, 0.05) is 38.1 Å². The molecule has 27 heavy (non-hydrogen) atoms. The molecule has 6 nitrogen and oxygen atoms in total. The topological polar surface area (TPSA) is 60.0 Å². The Morgan fingerprint density at radius 3 is 2.48 bits per heavy atom. The molecule has 158 valence electrons. The maximum Gasteiger partial charge on any atom is 0.225 e. The zero-order valence-electron chi connectivity index (χ0n) is 17.5. The summed E-state index contributed by atoms with van der Waals surface area (Å²) in [7, 11) is 0. The first-order chi connectivity index (χ1) is 12.7. The molecule has 2 N–H and O–H groups in total. The number of halogens is 1. The normalized spacial score (nSPS) is 20.8. The summed E-state index contributed by atoms with van der Waals surface area (Å²) >= 11 is 0. The average Bonchev–Trinajstić information content (AvgIpc) is 3.33. The molecule has 0 spiro atoms. The van der Waals surface area contributed by atoms with Crippen molar-refractivity contribution in [1.82, 2.24) is 20.4 Å². The maximum absolute atomic E-state index is 12.6. The summed E-state index contributed by atoms with van der Waals surface area (Å²) in [5, 5.41) is 6.89. The lowest BCUT2D eigenvalue weighted by atomic mass is 10.1. The van der Waals surface area contributed by atoms with Gasteiger partial charge in [-0.05, 0) is 52.2 Å². The summed E-state index contributed by atoms with van der Waals surface area (Å²) < 4.78 is 0. The van der Waals surface area contributed by atoms with Gasteiger partial charge < -0.3 is 20.4 Å². The predicted molar refractivity (Wildman–Crippen MR) is 124 cm³/mol. The third kappa shape index (κ3) is 8.13. The standard InChI is InChI=1S/C20H39N5O.HI/c1-4-21-20(22-13-9-14-24(5-2)6-3)23-18-12-15-25(16-18)19(26)17-10-7-8-11-17;/h17-18H,4-16H2,1-3H3,(H2,21,22,23);1H. The van der Waals surface area contributed by atoms with Gasteiger partial charge in [0.2, 0.25) is 5.91 Å². The third-order valence-corrected chi connectivity index (χ3v) is 5.69. The molecule has 1 amide bonds. The van der Waals surface area contributed by atoms with E-state index >= 15 is 0 Å². The minimum absolute atomic E-state index is 0. The Bertz CT molecular complexity index is 450. The molecule has 0 aromatic rings. The van der Waals surface area contributed by atoms with Gasteiger partial charge in [0.25, 0.3) is 0 Å². The minimum atomic E-state index is 0. The molecule has 2 rings (SSSR count). The number of nitrogens with zero attached hydrogens (tertiary/aromatic N) is 3. The van der Waals surface area contributed by atoms with E-state index in [-0.39, 0.29) is 29.9 Å². The van der Waals surface area contributed by atoms with E-state index in [0.29, 0.717) is 11.9 Å². The molecule has 0 bridgehead atoms. The summed E-state index contributed by atoms with van der Waals surface area (Å²) in [6, 6.07) is 0.320. The van der Waals surface area contributed by atoms with Crippen LogP contribution in [0, 0.1) is 5.92 Å². The lowest BCUT2D eigenvalue weighted by Crippen LogP contribution is -2.45. The molecule has 1 saturated carbocycles. The van der Waals surface area contributed by atoms with Gasteiger partial charge in [0.05, 0.1) is 0 Å². The van der Waals surface area contributed by atoms with Gasteiger partial charge in [-0.15, -0.1) is 24.0 Å². The Morgan fingerprint density at radius 1 is 1.15 bits per heavy atom. The number of aliphatic imine (C=N–C) groups is 1. The van der Waals surface area contributed by atoms with E-state index < -0.39 is 0 Å². The highest BCUT2D eigenvalue weighted by atomic mass is 127. The number of likely N-dealkylation sites (tertiary alicyclic amines) is 1. The molecular formula is C20H40IN5O. The number of guanidine groups is 1. The largest absolute Gasteiger partial charge is 0.357 e. The molecule has 1 aliphatic carbocycles. The van der Waals surface area contributed by atoms with E-state index in [2.05, 4.69) is 41.2 Å². The molecule has 0 aromatic heterocycles. The second-order valence-electron chi connectivity index (χ2n) is 7.54. The highest BCUT2D eigenvalue weighted by Gasteiger charge is 2.32. The fraction of sp³-hybridized carbons (Fsp3) is 0.900. The molecule has 7 heteroatoms. The van der Waals surface area contributed by atoms with Crippen LogP contribution in [0.25, 0.3) is 0 Å². The summed E-state index contributed by atoms with van der Waals surface area (Å²) in [6.07, 6.45) is 6.71.